The fourth-order valence-corrected chi connectivity index (χ4v) is 1.56. The Bertz CT molecular complexity index is 520. The summed E-state index contributed by atoms with van der Waals surface area (Å²) in [7, 11) is 0. The molecule has 0 atom stereocenters. The Labute approximate surface area is 87.9 Å². The first kappa shape index (κ1) is 9.65. The van der Waals surface area contributed by atoms with Gasteiger partial charge < -0.3 is 5.73 Å². The molecule has 1 aromatic carbocycles. The lowest BCUT2D eigenvalue weighted by atomic mass is 10.1. The lowest BCUT2D eigenvalue weighted by Crippen LogP contribution is -2.14. The molecule has 0 spiro atoms. The molecule has 76 valence electrons. The molecule has 0 aliphatic rings. The predicted molar refractivity (Wildman–Crippen MR) is 59.4 cm³/mol. The normalized spacial score (nSPS) is 10.5. The molecule has 2 rings (SSSR count). The zero-order valence-electron chi connectivity index (χ0n) is 8.53. The number of carbonyl (C=O) groups excluding carboxylic acids is 1. The minimum absolute atomic E-state index is 0.198. The summed E-state index contributed by atoms with van der Waals surface area (Å²) in [6.07, 6.45) is 0.198. The molecule has 0 radical (unpaired) electrons. The second kappa shape index (κ2) is 3.69. The van der Waals surface area contributed by atoms with Crippen LogP contribution < -0.4 is 5.73 Å². The van der Waals surface area contributed by atoms with E-state index in [0.29, 0.717) is 0 Å². The van der Waals surface area contributed by atoms with E-state index in [1.807, 2.05) is 31.2 Å². The van der Waals surface area contributed by atoms with Gasteiger partial charge >= 0.3 is 0 Å². The maximum atomic E-state index is 10.7. The van der Waals surface area contributed by atoms with Gasteiger partial charge in [-0.3, -0.25) is 9.78 Å². The quantitative estimate of drug-likeness (QED) is 0.800. The van der Waals surface area contributed by atoms with Crippen LogP contribution in [0.15, 0.2) is 30.3 Å². The fraction of sp³-hybridized carbons (Fsp3) is 0.167. The van der Waals surface area contributed by atoms with Gasteiger partial charge in [-0.1, -0.05) is 17.7 Å². The molecule has 15 heavy (non-hydrogen) atoms. The van der Waals surface area contributed by atoms with Gasteiger partial charge in [-0.2, -0.15) is 0 Å². The van der Waals surface area contributed by atoms with Gasteiger partial charge in [-0.25, -0.2) is 0 Å². The van der Waals surface area contributed by atoms with Crippen LogP contribution in [-0.4, -0.2) is 10.9 Å². The average Bonchev–Trinajstić information content (AvgIpc) is 2.17. The first-order valence-electron chi connectivity index (χ1n) is 4.80. The molecule has 0 fully saturated rings. The summed E-state index contributed by atoms with van der Waals surface area (Å²) < 4.78 is 0. The predicted octanol–water partition coefficient (Wildman–Crippen LogP) is 1.57. The number of pyridine rings is 1. The van der Waals surface area contributed by atoms with Crippen LogP contribution in [-0.2, 0) is 11.2 Å². The number of nitrogens with zero attached hydrogens (tertiary/aromatic N) is 1. The molecule has 3 nitrogen and oxygen atoms in total. The minimum atomic E-state index is -0.353. The lowest BCUT2D eigenvalue weighted by Gasteiger charge is -2.01. The highest BCUT2D eigenvalue weighted by Crippen LogP contribution is 2.14. The zero-order chi connectivity index (χ0) is 10.8. The smallest absolute Gasteiger partial charge is 0.223 e. The molecule has 0 bridgehead atoms. The van der Waals surface area contributed by atoms with Crippen molar-refractivity contribution < 1.29 is 4.79 Å². The second-order valence-electron chi connectivity index (χ2n) is 3.64. The van der Waals surface area contributed by atoms with Crippen molar-refractivity contribution in [2.45, 2.75) is 13.3 Å². The summed E-state index contributed by atoms with van der Waals surface area (Å²) >= 11 is 0. The van der Waals surface area contributed by atoms with Crippen LogP contribution in [0.3, 0.4) is 0 Å². The third-order valence-corrected chi connectivity index (χ3v) is 2.26. The van der Waals surface area contributed by atoms with Gasteiger partial charge in [0.1, 0.15) is 0 Å². The molecule has 1 amide bonds. The Morgan fingerprint density at radius 3 is 2.87 bits per heavy atom. The van der Waals surface area contributed by atoms with Gasteiger partial charge in [-0.15, -0.1) is 0 Å². The molecule has 2 N–H and O–H groups in total. The molecule has 0 saturated heterocycles. The molecule has 0 saturated carbocycles. The van der Waals surface area contributed by atoms with Crippen molar-refractivity contribution in [2.24, 2.45) is 5.73 Å². The number of hydrogen-bond acceptors (Lipinski definition) is 2. The molecule has 0 aliphatic heterocycles. The highest BCUT2D eigenvalue weighted by Gasteiger charge is 2.01. The Morgan fingerprint density at radius 1 is 1.33 bits per heavy atom. The van der Waals surface area contributed by atoms with Crippen molar-refractivity contribution in [3.05, 3.63) is 41.6 Å². The van der Waals surface area contributed by atoms with Crippen LogP contribution in [0.1, 0.15) is 11.3 Å². The Kier molecular flexibility index (Phi) is 2.37. The van der Waals surface area contributed by atoms with Crippen molar-refractivity contribution in [3.8, 4) is 0 Å². The first-order valence-corrected chi connectivity index (χ1v) is 4.80. The third-order valence-electron chi connectivity index (χ3n) is 2.26. The number of primary amides is 1. The van der Waals surface area contributed by atoms with Gasteiger partial charge in [-0.05, 0) is 25.1 Å². The molecule has 1 heterocycles. The van der Waals surface area contributed by atoms with E-state index in [2.05, 4.69) is 11.1 Å². The van der Waals surface area contributed by atoms with Crippen molar-refractivity contribution in [1.29, 1.82) is 0 Å². The summed E-state index contributed by atoms with van der Waals surface area (Å²) in [4.78, 5) is 15.1. The number of fused-ring (bicyclic) bond motifs is 1. The number of rotatable bonds is 2. The molecule has 3 heteroatoms. The van der Waals surface area contributed by atoms with Gasteiger partial charge in [0.2, 0.25) is 5.91 Å². The van der Waals surface area contributed by atoms with Gasteiger partial charge in [0, 0.05) is 5.39 Å². The summed E-state index contributed by atoms with van der Waals surface area (Å²) in [5, 5.41) is 1.09. The Hall–Kier alpha value is -1.90. The van der Waals surface area contributed by atoms with Gasteiger partial charge in [0.25, 0.3) is 0 Å². The monoisotopic (exact) mass is 200 g/mol. The van der Waals surface area contributed by atoms with E-state index in [-0.39, 0.29) is 12.3 Å². The maximum Gasteiger partial charge on any atom is 0.223 e. The molecule has 0 unspecified atom stereocenters. The van der Waals surface area contributed by atoms with Crippen LogP contribution in [0.5, 0.6) is 0 Å². The molecule has 0 aliphatic carbocycles. The van der Waals surface area contributed by atoms with Crippen molar-refractivity contribution >= 4 is 16.8 Å². The van der Waals surface area contributed by atoms with E-state index >= 15 is 0 Å². The van der Waals surface area contributed by atoms with Crippen LogP contribution in [0.2, 0.25) is 0 Å². The zero-order valence-corrected chi connectivity index (χ0v) is 8.53. The van der Waals surface area contributed by atoms with Crippen LogP contribution in [0.25, 0.3) is 10.9 Å². The van der Waals surface area contributed by atoms with Gasteiger partial charge in [0.15, 0.2) is 0 Å². The van der Waals surface area contributed by atoms with Crippen molar-refractivity contribution in [2.75, 3.05) is 0 Å². The first-order chi connectivity index (χ1) is 7.15. The van der Waals surface area contributed by atoms with Crippen LogP contribution >= 0.6 is 0 Å². The highest BCUT2D eigenvalue weighted by atomic mass is 16.1. The minimum Gasteiger partial charge on any atom is -0.369 e. The van der Waals surface area contributed by atoms with Crippen molar-refractivity contribution in [1.82, 2.24) is 4.98 Å². The Balaban J connectivity index is 2.47. The number of aryl methyl sites for hydroxylation is 1. The number of hydrogen-bond donors (Lipinski definition) is 1. The maximum absolute atomic E-state index is 10.7. The van der Waals surface area contributed by atoms with Crippen molar-refractivity contribution in [3.63, 3.8) is 0 Å². The van der Waals surface area contributed by atoms with E-state index in [9.17, 15) is 4.79 Å². The molecular weight excluding hydrogens is 188 g/mol. The second-order valence-corrected chi connectivity index (χ2v) is 3.64. The lowest BCUT2D eigenvalue weighted by molar-refractivity contribution is -0.117. The standard InChI is InChI=1S/C12H12N2O/c1-8-2-5-11-9(6-8)3-4-10(14-11)7-12(13)15/h2-6H,7H2,1H3,(H2,13,15). The van der Waals surface area contributed by atoms with Gasteiger partial charge in [0.05, 0.1) is 17.6 Å². The highest BCUT2D eigenvalue weighted by molar-refractivity contribution is 5.81. The topological polar surface area (TPSA) is 56.0 Å². The number of nitrogens with two attached hydrogens (primary N) is 1. The Morgan fingerprint density at radius 2 is 2.13 bits per heavy atom. The SMILES string of the molecule is Cc1ccc2nc(CC(N)=O)ccc2c1. The van der Waals surface area contributed by atoms with E-state index < -0.39 is 0 Å². The molecule has 1 aromatic heterocycles. The number of carbonyl (C=O) groups is 1. The largest absolute Gasteiger partial charge is 0.369 e. The molecular formula is C12H12N2O. The van der Waals surface area contributed by atoms with E-state index in [1.54, 1.807) is 0 Å². The van der Waals surface area contributed by atoms with E-state index in [0.717, 1.165) is 16.6 Å². The van der Waals surface area contributed by atoms with E-state index in [1.165, 1.54) is 5.56 Å². The number of amides is 1. The average molecular weight is 200 g/mol. The number of aromatic nitrogens is 1. The van der Waals surface area contributed by atoms with E-state index in [4.69, 9.17) is 5.73 Å². The summed E-state index contributed by atoms with van der Waals surface area (Å²) in [6, 6.07) is 9.83. The summed E-state index contributed by atoms with van der Waals surface area (Å²) in [5.74, 6) is -0.353. The van der Waals surface area contributed by atoms with Crippen LogP contribution in [0, 0.1) is 6.92 Å². The summed E-state index contributed by atoms with van der Waals surface area (Å²) in [5.41, 5.74) is 7.94. The third kappa shape index (κ3) is 2.13. The van der Waals surface area contributed by atoms with Crippen LogP contribution in [0.4, 0.5) is 0 Å². The number of benzene rings is 1. The summed E-state index contributed by atoms with van der Waals surface area (Å²) in [6.45, 7) is 2.04. The molecule has 2 aromatic rings. The fourth-order valence-electron chi connectivity index (χ4n) is 1.56.